The molecule has 0 spiro atoms. The molecule has 132 valence electrons. The van der Waals surface area contributed by atoms with Crippen molar-refractivity contribution >= 4 is 5.97 Å². The van der Waals surface area contributed by atoms with Crippen LogP contribution in [0.5, 0.6) is 11.5 Å². The number of esters is 1. The maximum absolute atomic E-state index is 12.0. The molecule has 4 rings (SSSR count). The van der Waals surface area contributed by atoms with Crippen LogP contribution >= 0.6 is 0 Å². The van der Waals surface area contributed by atoms with Crippen molar-refractivity contribution < 1.29 is 19.0 Å². The molecule has 0 saturated carbocycles. The second kappa shape index (κ2) is 6.87. The van der Waals surface area contributed by atoms with Crippen molar-refractivity contribution in [3.8, 4) is 17.2 Å². The van der Waals surface area contributed by atoms with Crippen LogP contribution in [0.3, 0.4) is 0 Å². The van der Waals surface area contributed by atoms with Crippen molar-refractivity contribution in [2.45, 2.75) is 12.3 Å². The standard InChI is InChI=1S/C19H17N3O4/c1-24-19(23)9-16(14-4-7-17-18(8-14)26-12-25-17)13-2-5-15(6-3-13)22-11-20-10-21-22/h2-8,10-11,16H,9,12H2,1H3. The molecular formula is C19H17N3O4. The number of carbonyl (C=O) groups is 1. The van der Waals surface area contributed by atoms with Crippen LogP contribution in [-0.4, -0.2) is 34.6 Å². The number of rotatable bonds is 5. The molecule has 1 aliphatic rings. The number of ether oxygens (including phenoxy) is 3. The first-order valence-electron chi connectivity index (χ1n) is 8.16. The lowest BCUT2D eigenvalue weighted by Gasteiger charge is -2.18. The molecule has 7 nitrogen and oxygen atoms in total. The average Bonchev–Trinajstić information content (AvgIpc) is 3.37. The molecule has 1 aromatic heterocycles. The minimum atomic E-state index is -0.270. The van der Waals surface area contributed by atoms with Crippen LogP contribution in [0.1, 0.15) is 23.5 Å². The zero-order chi connectivity index (χ0) is 17.9. The molecule has 1 aliphatic heterocycles. The highest BCUT2D eigenvalue weighted by Crippen LogP contribution is 2.37. The van der Waals surface area contributed by atoms with Crippen LogP contribution in [0.15, 0.2) is 55.1 Å². The Balaban J connectivity index is 1.68. The Hall–Kier alpha value is -3.35. The first-order valence-corrected chi connectivity index (χ1v) is 8.16. The molecule has 0 saturated heterocycles. The van der Waals surface area contributed by atoms with Crippen molar-refractivity contribution in [2.75, 3.05) is 13.9 Å². The van der Waals surface area contributed by atoms with Gasteiger partial charge >= 0.3 is 5.97 Å². The van der Waals surface area contributed by atoms with Gasteiger partial charge < -0.3 is 14.2 Å². The highest BCUT2D eigenvalue weighted by Gasteiger charge is 2.22. The van der Waals surface area contributed by atoms with E-state index in [1.54, 1.807) is 11.0 Å². The van der Waals surface area contributed by atoms with Gasteiger partial charge in [0.25, 0.3) is 0 Å². The largest absolute Gasteiger partial charge is 0.469 e. The Morgan fingerprint density at radius 3 is 2.65 bits per heavy atom. The Morgan fingerprint density at radius 1 is 1.15 bits per heavy atom. The third-order valence-electron chi connectivity index (χ3n) is 4.38. The second-order valence-corrected chi connectivity index (χ2v) is 5.88. The van der Waals surface area contributed by atoms with E-state index in [0.717, 1.165) is 16.8 Å². The summed E-state index contributed by atoms with van der Waals surface area (Å²) < 4.78 is 17.4. The Morgan fingerprint density at radius 2 is 1.92 bits per heavy atom. The van der Waals surface area contributed by atoms with Crippen LogP contribution < -0.4 is 9.47 Å². The van der Waals surface area contributed by atoms with Gasteiger partial charge in [-0.05, 0) is 35.4 Å². The SMILES string of the molecule is COC(=O)CC(c1ccc(-n2cncn2)cc1)c1ccc2c(c1)OCO2. The summed E-state index contributed by atoms with van der Waals surface area (Å²) in [6.07, 6.45) is 3.36. The number of fused-ring (bicyclic) bond motifs is 1. The number of methoxy groups -OCH3 is 1. The summed E-state index contributed by atoms with van der Waals surface area (Å²) >= 11 is 0. The number of benzene rings is 2. The van der Waals surface area contributed by atoms with Crippen molar-refractivity contribution in [3.05, 3.63) is 66.2 Å². The van der Waals surface area contributed by atoms with Crippen LogP contribution in [0.4, 0.5) is 0 Å². The van der Waals surface area contributed by atoms with E-state index in [1.165, 1.54) is 13.4 Å². The van der Waals surface area contributed by atoms with Gasteiger partial charge in [0.05, 0.1) is 19.2 Å². The fraction of sp³-hybridized carbons (Fsp3) is 0.211. The van der Waals surface area contributed by atoms with Crippen LogP contribution in [0.2, 0.25) is 0 Å². The fourth-order valence-corrected chi connectivity index (χ4v) is 3.01. The Bertz CT molecular complexity index is 907. The molecule has 0 radical (unpaired) electrons. The molecule has 1 atom stereocenters. The minimum absolute atomic E-state index is 0.151. The molecule has 0 aliphatic carbocycles. The molecule has 3 aromatic rings. The van der Waals surface area contributed by atoms with E-state index < -0.39 is 0 Å². The maximum atomic E-state index is 12.0. The van der Waals surface area contributed by atoms with Crippen molar-refractivity contribution in [1.29, 1.82) is 0 Å². The number of aromatic nitrogens is 3. The monoisotopic (exact) mass is 351 g/mol. The van der Waals surface area contributed by atoms with Crippen molar-refractivity contribution in [3.63, 3.8) is 0 Å². The summed E-state index contributed by atoms with van der Waals surface area (Å²) in [6, 6.07) is 13.6. The van der Waals surface area contributed by atoms with E-state index in [-0.39, 0.29) is 25.1 Å². The van der Waals surface area contributed by atoms with Gasteiger partial charge in [-0.25, -0.2) is 9.67 Å². The normalized spacial score (nSPS) is 13.4. The van der Waals surface area contributed by atoms with Gasteiger partial charge in [0.2, 0.25) is 6.79 Å². The van der Waals surface area contributed by atoms with Gasteiger partial charge in [-0.1, -0.05) is 18.2 Å². The summed E-state index contributed by atoms with van der Waals surface area (Å²) in [7, 11) is 1.40. The first kappa shape index (κ1) is 16.1. The lowest BCUT2D eigenvalue weighted by molar-refractivity contribution is -0.140. The third-order valence-corrected chi connectivity index (χ3v) is 4.38. The van der Waals surface area contributed by atoms with Gasteiger partial charge in [-0.15, -0.1) is 0 Å². The maximum Gasteiger partial charge on any atom is 0.306 e. The smallest absolute Gasteiger partial charge is 0.306 e. The van der Waals surface area contributed by atoms with E-state index in [1.807, 2.05) is 42.5 Å². The molecule has 7 heteroatoms. The fourth-order valence-electron chi connectivity index (χ4n) is 3.01. The van der Waals surface area contributed by atoms with Gasteiger partial charge in [-0.2, -0.15) is 5.10 Å². The second-order valence-electron chi connectivity index (χ2n) is 5.88. The molecule has 1 unspecified atom stereocenters. The third kappa shape index (κ3) is 3.11. The van der Waals surface area contributed by atoms with Crippen LogP contribution in [0, 0.1) is 0 Å². The summed E-state index contributed by atoms with van der Waals surface area (Å²) in [5.74, 6) is 0.985. The highest BCUT2D eigenvalue weighted by atomic mass is 16.7. The highest BCUT2D eigenvalue weighted by molar-refractivity contribution is 5.71. The Labute approximate surface area is 150 Å². The first-order chi connectivity index (χ1) is 12.7. The van der Waals surface area contributed by atoms with Gasteiger partial charge in [0, 0.05) is 5.92 Å². The van der Waals surface area contributed by atoms with E-state index in [4.69, 9.17) is 14.2 Å². The molecule has 2 heterocycles. The molecule has 0 N–H and O–H groups in total. The summed E-state index contributed by atoms with van der Waals surface area (Å²) in [4.78, 5) is 15.9. The van der Waals surface area contributed by atoms with Gasteiger partial charge in [0.1, 0.15) is 12.7 Å². The topological polar surface area (TPSA) is 75.5 Å². The average molecular weight is 351 g/mol. The molecule has 0 fully saturated rings. The van der Waals surface area contributed by atoms with Crippen molar-refractivity contribution in [2.24, 2.45) is 0 Å². The minimum Gasteiger partial charge on any atom is -0.469 e. The lowest BCUT2D eigenvalue weighted by Crippen LogP contribution is -2.10. The van der Waals surface area contributed by atoms with E-state index in [9.17, 15) is 4.79 Å². The zero-order valence-corrected chi connectivity index (χ0v) is 14.2. The lowest BCUT2D eigenvalue weighted by atomic mass is 9.88. The number of hydrogen-bond acceptors (Lipinski definition) is 6. The van der Waals surface area contributed by atoms with Crippen molar-refractivity contribution in [1.82, 2.24) is 14.8 Å². The predicted molar refractivity (Wildman–Crippen MR) is 92.4 cm³/mol. The quantitative estimate of drug-likeness (QED) is 0.658. The number of nitrogens with zero attached hydrogens (tertiary/aromatic N) is 3. The predicted octanol–water partition coefficient (Wildman–Crippen LogP) is 2.69. The van der Waals surface area contributed by atoms with E-state index in [2.05, 4.69) is 10.1 Å². The van der Waals surface area contributed by atoms with Gasteiger partial charge in [-0.3, -0.25) is 4.79 Å². The summed E-state index contributed by atoms with van der Waals surface area (Å²) in [5, 5.41) is 4.12. The molecule has 26 heavy (non-hydrogen) atoms. The molecule has 0 bridgehead atoms. The molecular weight excluding hydrogens is 334 g/mol. The summed E-state index contributed by atoms with van der Waals surface area (Å²) in [5.41, 5.74) is 2.86. The Kier molecular flexibility index (Phi) is 4.27. The molecule has 0 amide bonds. The molecule has 2 aromatic carbocycles. The summed E-state index contributed by atoms with van der Waals surface area (Å²) in [6.45, 7) is 0.215. The van der Waals surface area contributed by atoms with E-state index in [0.29, 0.717) is 11.5 Å². The van der Waals surface area contributed by atoms with E-state index >= 15 is 0 Å². The van der Waals surface area contributed by atoms with Crippen LogP contribution in [0.25, 0.3) is 5.69 Å². The van der Waals surface area contributed by atoms with Gasteiger partial charge in [0.15, 0.2) is 11.5 Å². The number of hydrogen-bond donors (Lipinski definition) is 0. The van der Waals surface area contributed by atoms with Crippen LogP contribution in [-0.2, 0) is 9.53 Å². The zero-order valence-electron chi connectivity index (χ0n) is 14.2. The number of carbonyl (C=O) groups excluding carboxylic acids is 1.